The van der Waals surface area contributed by atoms with Crippen molar-refractivity contribution in [2.75, 3.05) is 0 Å². The van der Waals surface area contributed by atoms with Gasteiger partial charge in [0.15, 0.2) is 0 Å². The number of nitrogens with one attached hydrogen (secondary N) is 1. The minimum absolute atomic E-state index is 0.00127. The van der Waals surface area contributed by atoms with Crippen LogP contribution in [0.15, 0.2) is 38.0 Å². The second-order valence-corrected chi connectivity index (χ2v) is 5.88. The van der Waals surface area contributed by atoms with Crippen LogP contribution in [0.5, 0.6) is 0 Å². The summed E-state index contributed by atoms with van der Waals surface area (Å²) < 4.78 is 3.33. The van der Waals surface area contributed by atoms with E-state index in [1.165, 1.54) is 0 Å². The number of rotatable bonds is 4. The first kappa shape index (κ1) is 13.6. The van der Waals surface area contributed by atoms with E-state index in [1.807, 2.05) is 24.3 Å². The van der Waals surface area contributed by atoms with Crippen LogP contribution in [0.2, 0.25) is 0 Å². The number of aryl methyl sites for hydroxylation is 1. The molecule has 0 bridgehead atoms. The fraction of sp³-hybridized carbons (Fsp3) is 0.308. The first-order valence-corrected chi connectivity index (χ1v) is 7.42. The molecule has 0 unspecified atom stereocenters. The lowest BCUT2D eigenvalue weighted by molar-refractivity contribution is 0.648. The van der Waals surface area contributed by atoms with Gasteiger partial charge in [-0.15, -0.1) is 0 Å². The molecular weight excluding hydrogens is 360 g/mol. The zero-order valence-electron chi connectivity index (χ0n) is 10.0. The van der Waals surface area contributed by atoms with E-state index in [-0.39, 0.29) is 5.56 Å². The first-order chi connectivity index (χ1) is 8.61. The molecule has 1 heterocycles. The Bertz CT molecular complexity index is 584. The number of H-pyrrole nitrogens is 1. The maximum absolute atomic E-state index is 12.0. The van der Waals surface area contributed by atoms with E-state index in [0.29, 0.717) is 11.0 Å². The molecule has 1 aromatic heterocycles. The summed E-state index contributed by atoms with van der Waals surface area (Å²) >= 11 is 6.75. The van der Waals surface area contributed by atoms with Crippen LogP contribution in [0.3, 0.4) is 0 Å². The number of benzene rings is 1. The van der Waals surface area contributed by atoms with Crippen molar-refractivity contribution in [3.63, 3.8) is 0 Å². The monoisotopic (exact) mass is 372 g/mol. The first-order valence-electron chi connectivity index (χ1n) is 5.83. The van der Waals surface area contributed by atoms with Crippen molar-refractivity contribution in [1.29, 1.82) is 0 Å². The van der Waals surface area contributed by atoms with E-state index in [1.54, 1.807) is 4.68 Å². The number of aromatic nitrogens is 2. The standard InChI is InChI=1S/C13H14Br2N2O/c1-2-3-11-12(15)13(18)17(16-11)8-9-4-6-10(14)7-5-9/h4-7,16H,2-3,8H2,1H3. The summed E-state index contributed by atoms with van der Waals surface area (Å²) in [6.07, 6.45) is 1.89. The van der Waals surface area contributed by atoms with E-state index < -0.39 is 0 Å². The summed E-state index contributed by atoms with van der Waals surface area (Å²) in [5.74, 6) is 0. The Morgan fingerprint density at radius 3 is 2.50 bits per heavy atom. The third-order valence-corrected chi connectivity index (χ3v) is 4.07. The third kappa shape index (κ3) is 2.95. The number of aromatic amines is 1. The van der Waals surface area contributed by atoms with E-state index in [2.05, 4.69) is 43.9 Å². The maximum Gasteiger partial charge on any atom is 0.281 e. The molecule has 1 N–H and O–H groups in total. The lowest BCUT2D eigenvalue weighted by atomic mass is 10.2. The molecule has 0 amide bonds. The second kappa shape index (κ2) is 5.89. The highest BCUT2D eigenvalue weighted by molar-refractivity contribution is 9.10. The SMILES string of the molecule is CCCc1[nH]n(Cc2ccc(Br)cc2)c(=O)c1Br. The fourth-order valence-corrected chi connectivity index (χ4v) is 2.57. The zero-order valence-corrected chi connectivity index (χ0v) is 13.2. The Morgan fingerprint density at radius 2 is 1.89 bits per heavy atom. The van der Waals surface area contributed by atoms with Crippen LogP contribution in [-0.4, -0.2) is 9.78 Å². The molecule has 0 aliphatic heterocycles. The minimum Gasteiger partial charge on any atom is -0.298 e. The molecule has 96 valence electrons. The van der Waals surface area contributed by atoms with Crippen molar-refractivity contribution in [3.8, 4) is 0 Å². The fourth-order valence-electron chi connectivity index (χ4n) is 1.81. The van der Waals surface area contributed by atoms with Gasteiger partial charge >= 0.3 is 0 Å². The van der Waals surface area contributed by atoms with E-state index in [9.17, 15) is 4.79 Å². The molecule has 0 fully saturated rings. The molecule has 0 atom stereocenters. The Kier molecular flexibility index (Phi) is 4.45. The van der Waals surface area contributed by atoms with Crippen LogP contribution in [0, 0.1) is 0 Å². The largest absolute Gasteiger partial charge is 0.298 e. The van der Waals surface area contributed by atoms with Crippen LogP contribution in [-0.2, 0) is 13.0 Å². The quantitative estimate of drug-likeness (QED) is 0.871. The molecule has 3 nitrogen and oxygen atoms in total. The molecule has 2 aromatic rings. The lowest BCUT2D eigenvalue weighted by Crippen LogP contribution is -2.17. The second-order valence-electron chi connectivity index (χ2n) is 4.17. The smallest absolute Gasteiger partial charge is 0.281 e. The maximum atomic E-state index is 12.0. The van der Waals surface area contributed by atoms with Crippen LogP contribution < -0.4 is 5.56 Å². The predicted octanol–water partition coefficient (Wildman–Crippen LogP) is 3.70. The molecular formula is C13H14Br2N2O. The Morgan fingerprint density at radius 1 is 1.22 bits per heavy atom. The van der Waals surface area contributed by atoms with Crippen molar-refractivity contribution < 1.29 is 0 Å². The van der Waals surface area contributed by atoms with Gasteiger partial charge in [0.2, 0.25) is 0 Å². The van der Waals surface area contributed by atoms with Crippen molar-refractivity contribution in [1.82, 2.24) is 9.78 Å². The molecule has 0 saturated carbocycles. The van der Waals surface area contributed by atoms with Gasteiger partial charge in [-0.2, -0.15) is 0 Å². The third-order valence-electron chi connectivity index (χ3n) is 2.72. The number of nitrogens with zero attached hydrogens (tertiary/aromatic N) is 1. The highest BCUT2D eigenvalue weighted by atomic mass is 79.9. The molecule has 0 spiro atoms. The Balaban J connectivity index is 2.26. The normalized spacial score (nSPS) is 10.8. The van der Waals surface area contributed by atoms with Gasteiger partial charge in [0.05, 0.1) is 12.2 Å². The van der Waals surface area contributed by atoms with Crippen molar-refractivity contribution in [2.45, 2.75) is 26.3 Å². The molecule has 0 radical (unpaired) electrons. The van der Waals surface area contributed by atoms with Crippen LogP contribution >= 0.6 is 31.9 Å². The van der Waals surface area contributed by atoms with E-state index in [4.69, 9.17) is 0 Å². The summed E-state index contributed by atoms with van der Waals surface area (Å²) in [7, 11) is 0. The number of hydrogen-bond acceptors (Lipinski definition) is 1. The average Bonchev–Trinajstić information content (AvgIpc) is 2.61. The summed E-state index contributed by atoms with van der Waals surface area (Å²) in [5.41, 5.74) is 2.07. The highest BCUT2D eigenvalue weighted by Gasteiger charge is 2.10. The van der Waals surface area contributed by atoms with Gasteiger partial charge in [0.1, 0.15) is 4.47 Å². The van der Waals surface area contributed by atoms with Crippen molar-refractivity contribution in [2.24, 2.45) is 0 Å². The van der Waals surface area contributed by atoms with Gasteiger partial charge in [-0.1, -0.05) is 41.4 Å². The lowest BCUT2D eigenvalue weighted by Gasteiger charge is -2.02. The average molecular weight is 374 g/mol. The minimum atomic E-state index is 0.00127. The van der Waals surface area contributed by atoms with Gasteiger partial charge in [-0.25, -0.2) is 4.68 Å². The van der Waals surface area contributed by atoms with Crippen LogP contribution in [0.25, 0.3) is 0 Å². The molecule has 0 saturated heterocycles. The Labute approximate surface area is 122 Å². The summed E-state index contributed by atoms with van der Waals surface area (Å²) in [5, 5.41) is 3.16. The van der Waals surface area contributed by atoms with Crippen LogP contribution in [0.4, 0.5) is 0 Å². The number of halogens is 2. The topological polar surface area (TPSA) is 37.8 Å². The summed E-state index contributed by atoms with van der Waals surface area (Å²) in [6, 6.07) is 7.96. The molecule has 2 rings (SSSR count). The van der Waals surface area contributed by atoms with E-state index in [0.717, 1.165) is 28.6 Å². The van der Waals surface area contributed by atoms with Crippen LogP contribution in [0.1, 0.15) is 24.6 Å². The van der Waals surface area contributed by atoms with Gasteiger partial charge in [0, 0.05) is 4.47 Å². The Hall–Kier alpha value is -0.810. The van der Waals surface area contributed by atoms with Crippen molar-refractivity contribution in [3.05, 3.63) is 54.8 Å². The number of hydrogen-bond donors (Lipinski definition) is 1. The molecule has 5 heteroatoms. The summed E-state index contributed by atoms with van der Waals surface area (Å²) in [6.45, 7) is 2.66. The van der Waals surface area contributed by atoms with Gasteiger partial charge in [-0.05, 0) is 40.0 Å². The highest BCUT2D eigenvalue weighted by Crippen LogP contribution is 2.14. The van der Waals surface area contributed by atoms with E-state index >= 15 is 0 Å². The predicted molar refractivity (Wildman–Crippen MR) is 80.0 cm³/mol. The van der Waals surface area contributed by atoms with Gasteiger partial charge < -0.3 is 0 Å². The zero-order chi connectivity index (χ0) is 13.1. The summed E-state index contributed by atoms with van der Waals surface area (Å²) in [4.78, 5) is 12.0. The van der Waals surface area contributed by atoms with Crippen molar-refractivity contribution >= 4 is 31.9 Å². The van der Waals surface area contributed by atoms with Gasteiger partial charge in [0.25, 0.3) is 5.56 Å². The molecule has 1 aromatic carbocycles. The molecule has 0 aliphatic carbocycles. The molecule has 18 heavy (non-hydrogen) atoms. The van der Waals surface area contributed by atoms with Gasteiger partial charge in [-0.3, -0.25) is 9.89 Å². The molecule has 0 aliphatic rings.